The Kier molecular flexibility index (Phi) is 5.37. The van der Waals surface area contributed by atoms with Crippen LogP contribution in [0, 0.1) is 0 Å². The van der Waals surface area contributed by atoms with E-state index in [9.17, 15) is 0 Å². The van der Waals surface area contributed by atoms with Crippen LogP contribution in [0.2, 0.25) is 0 Å². The first-order chi connectivity index (χ1) is 12.9. The second-order valence-corrected chi connectivity index (χ2v) is 9.51. The molecule has 3 aromatic carbocycles. The summed E-state index contributed by atoms with van der Waals surface area (Å²) < 4.78 is 5.65. The van der Waals surface area contributed by atoms with Crippen LogP contribution < -0.4 is 4.74 Å². The molecule has 0 bridgehead atoms. The highest BCUT2D eigenvalue weighted by Gasteiger charge is 2.37. The molecule has 1 saturated heterocycles. The summed E-state index contributed by atoms with van der Waals surface area (Å²) >= 11 is 0. The van der Waals surface area contributed by atoms with E-state index in [0.717, 1.165) is 11.9 Å². The van der Waals surface area contributed by atoms with Crippen LogP contribution in [-0.2, 0) is 6.16 Å². The molecule has 132 valence electrons. The largest absolute Gasteiger partial charge is 0.496 e. The lowest BCUT2D eigenvalue weighted by Crippen LogP contribution is -1.99. The van der Waals surface area contributed by atoms with E-state index in [0.29, 0.717) is 11.3 Å². The number of para-hydroxylation sites is 1. The fourth-order valence-corrected chi connectivity index (χ4v) is 7.78. The van der Waals surface area contributed by atoms with Crippen molar-refractivity contribution >= 4 is 7.92 Å². The highest BCUT2D eigenvalue weighted by Crippen LogP contribution is 2.71. The van der Waals surface area contributed by atoms with Crippen molar-refractivity contribution in [1.82, 2.24) is 0 Å². The van der Waals surface area contributed by atoms with Crippen LogP contribution in [0.15, 0.2) is 84.9 Å². The molecule has 0 spiro atoms. The van der Waals surface area contributed by atoms with Crippen LogP contribution in [-0.4, -0.2) is 7.11 Å². The third-order valence-electron chi connectivity index (χ3n) is 5.43. The van der Waals surface area contributed by atoms with E-state index < -0.39 is 0 Å². The summed E-state index contributed by atoms with van der Waals surface area (Å²) in [5.74, 6) is 1.03. The molecule has 1 nitrogen and oxygen atoms in total. The highest BCUT2D eigenvalue weighted by molar-refractivity contribution is 7.58. The van der Waals surface area contributed by atoms with Crippen LogP contribution in [0.4, 0.5) is 0 Å². The van der Waals surface area contributed by atoms with Crippen LogP contribution in [0.5, 0.6) is 5.75 Å². The molecule has 0 aromatic heterocycles. The van der Waals surface area contributed by atoms with Crippen molar-refractivity contribution in [3.63, 3.8) is 0 Å². The van der Waals surface area contributed by atoms with E-state index in [1.165, 1.54) is 29.5 Å². The maximum Gasteiger partial charge on any atom is 0.122 e. The van der Waals surface area contributed by atoms with Crippen LogP contribution >= 0.6 is 7.92 Å². The highest BCUT2D eigenvalue weighted by atomic mass is 31.1. The Labute approximate surface area is 157 Å². The zero-order valence-electron chi connectivity index (χ0n) is 15.2. The number of benzene rings is 3. The summed E-state index contributed by atoms with van der Waals surface area (Å²) in [6, 6.07) is 30.8. The van der Waals surface area contributed by atoms with Crippen molar-refractivity contribution in [3.8, 4) is 5.75 Å². The summed E-state index contributed by atoms with van der Waals surface area (Å²) in [4.78, 5) is 0. The average Bonchev–Trinajstić information content (AvgIpc) is 3.13. The molecule has 1 fully saturated rings. The summed E-state index contributed by atoms with van der Waals surface area (Å²) in [6.45, 7) is 0. The third kappa shape index (κ3) is 3.55. The Morgan fingerprint density at radius 3 is 1.77 bits per heavy atom. The van der Waals surface area contributed by atoms with E-state index in [2.05, 4.69) is 84.9 Å². The van der Waals surface area contributed by atoms with Crippen molar-refractivity contribution in [3.05, 3.63) is 102 Å². The predicted molar refractivity (Wildman–Crippen MR) is 111 cm³/mol. The fraction of sp³-hybridized carbons (Fsp3) is 0.250. The average molecular weight is 360 g/mol. The Hall–Kier alpha value is -2.11. The second kappa shape index (κ2) is 8.06. The smallest absolute Gasteiger partial charge is 0.122 e. The van der Waals surface area contributed by atoms with E-state index in [1.807, 2.05) is 0 Å². The van der Waals surface area contributed by atoms with Crippen LogP contribution in [0.3, 0.4) is 0 Å². The summed E-state index contributed by atoms with van der Waals surface area (Å²) in [5.41, 5.74) is 5.70. The molecule has 0 aliphatic carbocycles. The molecule has 4 rings (SSSR count). The normalized spacial score (nSPS) is 20.2. The minimum Gasteiger partial charge on any atom is -0.496 e. The molecule has 0 unspecified atom stereocenters. The second-order valence-electron chi connectivity index (χ2n) is 6.91. The summed E-state index contributed by atoms with van der Waals surface area (Å²) in [5, 5.41) is 0. The standard InChI is InChI=1S/C24H25OP/c1-25-22-15-9-8-14-21(22)18-26-23(19-10-4-2-5-11-19)16-17-24(26)20-12-6-3-7-13-20/h2-15,23-24H,16-18H2,1H3/t23-,24-/m0/s1. The Balaban J connectivity index is 1.70. The van der Waals surface area contributed by atoms with Gasteiger partial charge in [-0.15, -0.1) is 0 Å². The SMILES string of the molecule is COc1ccccc1CP1[C@H](c2ccccc2)CC[C@H]1c1ccccc1. The van der Waals surface area contributed by atoms with Crippen molar-refractivity contribution in [2.75, 3.05) is 7.11 Å². The van der Waals surface area contributed by atoms with Crippen molar-refractivity contribution in [1.29, 1.82) is 0 Å². The number of rotatable bonds is 5. The van der Waals surface area contributed by atoms with Crippen molar-refractivity contribution in [2.45, 2.75) is 30.3 Å². The van der Waals surface area contributed by atoms with Crippen molar-refractivity contribution < 1.29 is 4.74 Å². The third-order valence-corrected chi connectivity index (χ3v) is 8.85. The maximum atomic E-state index is 5.65. The van der Waals surface area contributed by atoms with Gasteiger partial charge in [0.2, 0.25) is 0 Å². The first kappa shape index (κ1) is 17.3. The molecule has 2 heteroatoms. The van der Waals surface area contributed by atoms with Gasteiger partial charge >= 0.3 is 0 Å². The number of hydrogen-bond acceptors (Lipinski definition) is 1. The van der Waals surface area contributed by atoms with Crippen LogP contribution in [0.25, 0.3) is 0 Å². The quantitative estimate of drug-likeness (QED) is 0.447. The number of methoxy groups -OCH3 is 1. The van der Waals surface area contributed by atoms with E-state index in [4.69, 9.17) is 4.74 Å². The van der Waals surface area contributed by atoms with Gasteiger partial charge in [-0.1, -0.05) is 86.8 Å². The zero-order chi connectivity index (χ0) is 17.8. The molecule has 3 aromatic rings. The van der Waals surface area contributed by atoms with Gasteiger partial charge in [-0.2, -0.15) is 0 Å². The van der Waals surface area contributed by atoms with Gasteiger partial charge in [-0.3, -0.25) is 0 Å². The molecule has 0 N–H and O–H groups in total. The van der Waals surface area contributed by atoms with Gasteiger partial charge in [0.05, 0.1) is 7.11 Å². The van der Waals surface area contributed by atoms with Crippen LogP contribution in [0.1, 0.15) is 40.8 Å². The van der Waals surface area contributed by atoms with Gasteiger partial charge in [-0.05, 0) is 41.8 Å². The molecule has 0 amide bonds. The lowest BCUT2D eigenvalue weighted by molar-refractivity contribution is 0.411. The van der Waals surface area contributed by atoms with E-state index >= 15 is 0 Å². The predicted octanol–water partition coefficient (Wildman–Crippen LogP) is 6.95. The molecular formula is C24H25OP. The van der Waals surface area contributed by atoms with E-state index in [-0.39, 0.29) is 7.92 Å². The summed E-state index contributed by atoms with van der Waals surface area (Å²) in [6.07, 6.45) is 3.69. The lowest BCUT2D eigenvalue weighted by Gasteiger charge is -2.27. The molecule has 0 radical (unpaired) electrons. The Morgan fingerprint density at radius 2 is 1.23 bits per heavy atom. The molecule has 26 heavy (non-hydrogen) atoms. The molecule has 0 saturated carbocycles. The van der Waals surface area contributed by atoms with Gasteiger partial charge in [0.15, 0.2) is 0 Å². The molecule has 1 heterocycles. The zero-order valence-corrected chi connectivity index (χ0v) is 16.1. The minimum absolute atomic E-state index is 0.203. The summed E-state index contributed by atoms with van der Waals surface area (Å²) in [7, 11) is 1.58. The van der Waals surface area contributed by atoms with Gasteiger partial charge in [-0.25, -0.2) is 0 Å². The van der Waals surface area contributed by atoms with Gasteiger partial charge in [0, 0.05) is 11.3 Å². The maximum absolute atomic E-state index is 5.65. The first-order valence-corrected chi connectivity index (χ1v) is 11.0. The van der Waals surface area contributed by atoms with Crippen molar-refractivity contribution in [2.24, 2.45) is 0 Å². The lowest BCUT2D eigenvalue weighted by atomic mass is 10.0. The first-order valence-electron chi connectivity index (χ1n) is 9.34. The van der Waals surface area contributed by atoms with Gasteiger partial charge in [0.1, 0.15) is 5.75 Å². The molecule has 2 atom stereocenters. The monoisotopic (exact) mass is 360 g/mol. The number of ether oxygens (including phenoxy) is 1. The van der Waals surface area contributed by atoms with Gasteiger partial charge in [0.25, 0.3) is 0 Å². The molecule has 1 aliphatic rings. The Bertz CT molecular complexity index is 784. The van der Waals surface area contributed by atoms with E-state index in [1.54, 1.807) is 7.11 Å². The number of hydrogen-bond donors (Lipinski definition) is 0. The minimum atomic E-state index is -0.203. The molecule has 1 aliphatic heterocycles. The Morgan fingerprint density at radius 1 is 0.731 bits per heavy atom. The fourth-order valence-electron chi connectivity index (χ4n) is 4.18. The van der Waals surface area contributed by atoms with Gasteiger partial charge < -0.3 is 4.74 Å². The topological polar surface area (TPSA) is 9.23 Å². The molecular weight excluding hydrogens is 335 g/mol.